The number of rotatable bonds is 2. The van der Waals surface area contributed by atoms with E-state index in [0.29, 0.717) is 11.5 Å². The van der Waals surface area contributed by atoms with Gasteiger partial charge in [-0.25, -0.2) is 9.97 Å². The van der Waals surface area contributed by atoms with E-state index in [-0.39, 0.29) is 6.61 Å². The van der Waals surface area contributed by atoms with Crippen LogP contribution in [0.15, 0.2) is 18.8 Å². The van der Waals surface area contributed by atoms with E-state index < -0.39 is 0 Å². The minimum atomic E-state index is -0.0522. The Labute approximate surface area is 59.1 Å². The van der Waals surface area contributed by atoms with Crippen LogP contribution in [0, 0.1) is 0 Å². The zero-order valence-electron chi connectivity index (χ0n) is 5.49. The summed E-state index contributed by atoms with van der Waals surface area (Å²) in [4.78, 5) is 7.80. The molecule has 10 heavy (non-hydrogen) atoms. The molecule has 1 rings (SSSR count). The molecule has 3 nitrogen and oxygen atoms in total. The Bertz CT molecular complexity index is 235. The standard InChI is InChI=1S/C7H8N2O/c1-2-7-8-4-3-6(5-10)9-7/h2-4,10H,1,5H2. The molecule has 0 aliphatic rings. The molecule has 0 bridgehead atoms. The van der Waals surface area contributed by atoms with Gasteiger partial charge in [0.1, 0.15) is 0 Å². The molecule has 1 N–H and O–H groups in total. The van der Waals surface area contributed by atoms with Gasteiger partial charge in [-0.3, -0.25) is 0 Å². The van der Waals surface area contributed by atoms with E-state index in [1.54, 1.807) is 18.3 Å². The van der Waals surface area contributed by atoms with Gasteiger partial charge in [-0.15, -0.1) is 0 Å². The fourth-order valence-electron chi connectivity index (χ4n) is 0.599. The van der Waals surface area contributed by atoms with E-state index >= 15 is 0 Å². The van der Waals surface area contributed by atoms with Crippen molar-refractivity contribution in [1.82, 2.24) is 9.97 Å². The Morgan fingerprint density at radius 2 is 2.50 bits per heavy atom. The van der Waals surface area contributed by atoms with Crippen LogP contribution in [0.4, 0.5) is 0 Å². The average molecular weight is 136 g/mol. The first-order valence-corrected chi connectivity index (χ1v) is 2.92. The van der Waals surface area contributed by atoms with Crippen molar-refractivity contribution in [2.75, 3.05) is 0 Å². The number of hydrogen-bond acceptors (Lipinski definition) is 3. The summed E-state index contributed by atoms with van der Waals surface area (Å²) < 4.78 is 0. The Hall–Kier alpha value is -1.22. The molecule has 3 heteroatoms. The van der Waals surface area contributed by atoms with Crippen LogP contribution in [0.25, 0.3) is 6.08 Å². The monoisotopic (exact) mass is 136 g/mol. The molecular weight excluding hydrogens is 128 g/mol. The Morgan fingerprint density at radius 3 is 3.10 bits per heavy atom. The molecule has 1 aromatic heterocycles. The largest absolute Gasteiger partial charge is 0.390 e. The van der Waals surface area contributed by atoms with Gasteiger partial charge in [0, 0.05) is 6.20 Å². The maximum atomic E-state index is 8.63. The molecule has 0 saturated carbocycles. The second kappa shape index (κ2) is 3.08. The lowest BCUT2D eigenvalue weighted by Gasteiger charge is -1.94. The van der Waals surface area contributed by atoms with Crippen LogP contribution in [0.3, 0.4) is 0 Å². The van der Waals surface area contributed by atoms with Crippen molar-refractivity contribution in [2.45, 2.75) is 6.61 Å². The summed E-state index contributed by atoms with van der Waals surface area (Å²) in [5.74, 6) is 0.548. The third-order valence-corrected chi connectivity index (χ3v) is 1.08. The van der Waals surface area contributed by atoms with Crippen molar-refractivity contribution in [3.63, 3.8) is 0 Å². The van der Waals surface area contributed by atoms with Crippen LogP contribution in [0.2, 0.25) is 0 Å². The molecule has 0 radical (unpaired) electrons. The quantitative estimate of drug-likeness (QED) is 0.648. The Kier molecular flexibility index (Phi) is 2.12. The topological polar surface area (TPSA) is 46.0 Å². The summed E-state index contributed by atoms with van der Waals surface area (Å²) in [5.41, 5.74) is 0.616. The first-order valence-electron chi connectivity index (χ1n) is 2.92. The summed E-state index contributed by atoms with van der Waals surface area (Å²) >= 11 is 0. The van der Waals surface area contributed by atoms with E-state index in [1.165, 1.54) is 0 Å². The third-order valence-electron chi connectivity index (χ3n) is 1.08. The molecule has 0 unspecified atom stereocenters. The number of nitrogens with zero attached hydrogens (tertiary/aromatic N) is 2. The number of aliphatic hydroxyl groups is 1. The molecule has 0 saturated heterocycles. The molecule has 0 fully saturated rings. The highest BCUT2D eigenvalue weighted by atomic mass is 16.3. The van der Waals surface area contributed by atoms with Gasteiger partial charge >= 0.3 is 0 Å². The van der Waals surface area contributed by atoms with Gasteiger partial charge in [-0.1, -0.05) is 6.58 Å². The van der Waals surface area contributed by atoms with Gasteiger partial charge in [-0.05, 0) is 12.1 Å². The van der Waals surface area contributed by atoms with Gasteiger partial charge in [0.25, 0.3) is 0 Å². The maximum absolute atomic E-state index is 8.63. The van der Waals surface area contributed by atoms with E-state index in [0.717, 1.165) is 0 Å². The highest BCUT2D eigenvalue weighted by Crippen LogP contribution is 1.95. The zero-order chi connectivity index (χ0) is 7.40. The molecule has 1 aromatic rings. The normalized spacial score (nSPS) is 9.30. The minimum absolute atomic E-state index is 0.0522. The summed E-state index contributed by atoms with van der Waals surface area (Å²) in [6, 6.07) is 1.66. The summed E-state index contributed by atoms with van der Waals surface area (Å²) in [5, 5.41) is 8.63. The lowest BCUT2D eigenvalue weighted by molar-refractivity contribution is 0.276. The number of aromatic nitrogens is 2. The fraction of sp³-hybridized carbons (Fsp3) is 0.143. The first-order chi connectivity index (χ1) is 4.86. The van der Waals surface area contributed by atoms with Crippen molar-refractivity contribution in [1.29, 1.82) is 0 Å². The van der Waals surface area contributed by atoms with E-state index in [4.69, 9.17) is 5.11 Å². The summed E-state index contributed by atoms with van der Waals surface area (Å²) in [7, 11) is 0. The Morgan fingerprint density at radius 1 is 1.70 bits per heavy atom. The molecule has 0 amide bonds. The molecule has 0 aliphatic heterocycles. The fourth-order valence-corrected chi connectivity index (χ4v) is 0.599. The van der Waals surface area contributed by atoms with Crippen LogP contribution in [-0.4, -0.2) is 15.1 Å². The molecular formula is C7H8N2O. The van der Waals surface area contributed by atoms with E-state index in [9.17, 15) is 0 Å². The molecule has 0 aliphatic carbocycles. The van der Waals surface area contributed by atoms with Crippen LogP contribution < -0.4 is 0 Å². The zero-order valence-corrected chi connectivity index (χ0v) is 5.49. The lowest BCUT2D eigenvalue weighted by atomic mass is 10.4. The van der Waals surface area contributed by atoms with Gasteiger partial charge in [-0.2, -0.15) is 0 Å². The van der Waals surface area contributed by atoms with Crippen molar-refractivity contribution in [3.8, 4) is 0 Å². The third kappa shape index (κ3) is 1.39. The smallest absolute Gasteiger partial charge is 0.151 e. The lowest BCUT2D eigenvalue weighted by Crippen LogP contribution is -1.92. The summed E-state index contributed by atoms with van der Waals surface area (Å²) in [6.45, 7) is 3.45. The van der Waals surface area contributed by atoms with Crippen LogP contribution in [0.5, 0.6) is 0 Å². The number of hydrogen-bond donors (Lipinski definition) is 1. The second-order valence-electron chi connectivity index (χ2n) is 1.77. The van der Waals surface area contributed by atoms with Gasteiger partial charge in [0.15, 0.2) is 5.82 Å². The van der Waals surface area contributed by atoms with Crippen LogP contribution >= 0.6 is 0 Å². The van der Waals surface area contributed by atoms with Crippen molar-refractivity contribution >= 4 is 6.08 Å². The Balaban J connectivity index is 2.98. The average Bonchev–Trinajstić information content (AvgIpc) is 2.05. The van der Waals surface area contributed by atoms with Gasteiger partial charge in [0.05, 0.1) is 12.3 Å². The predicted octanol–water partition coefficient (Wildman–Crippen LogP) is 0.612. The van der Waals surface area contributed by atoms with Crippen LogP contribution in [-0.2, 0) is 6.61 Å². The maximum Gasteiger partial charge on any atom is 0.151 e. The van der Waals surface area contributed by atoms with Crippen molar-refractivity contribution in [2.24, 2.45) is 0 Å². The molecule has 0 aromatic carbocycles. The summed E-state index contributed by atoms with van der Waals surface area (Å²) in [6.07, 6.45) is 3.13. The SMILES string of the molecule is C=Cc1nccc(CO)n1. The van der Waals surface area contributed by atoms with Gasteiger partial charge in [0.2, 0.25) is 0 Å². The first kappa shape index (κ1) is 6.89. The molecule has 1 heterocycles. The van der Waals surface area contributed by atoms with Gasteiger partial charge < -0.3 is 5.11 Å². The van der Waals surface area contributed by atoms with Crippen molar-refractivity contribution < 1.29 is 5.11 Å². The van der Waals surface area contributed by atoms with E-state index in [1.807, 2.05) is 0 Å². The predicted molar refractivity (Wildman–Crippen MR) is 38.0 cm³/mol. The molecule has 52 valence electrons. The second-order valence-corrected chi connectivity index (χ2v) is 1.77. The minimum Gasteiger partial charge on any atom is -0.390 e. The molecule has 0 atom stereocenters. The van der Waals surface area contributed by atoms with E-state index in [2.05, 4.69) is 16.5 Å². The molecule has 0 spiro atoms. The van der Waals surface area contributed by atoms with Crippen molar-refractivity contribution in [3.05, 3.63) is 30.4 Å². The van der Waals surface area contributed by atoms with Crippen LogP contribution in [0.1, 0.15) is 11.5 Å². The highest BCUT2D eigenvalue weighted by Gasteiger charge is 1.91. The number of aliphatic hydroxyl groups excluding tert-OH is 1. The highest BCUT2D eigenvalue weighted by molar-refractivity contribution is 5.35.